The first-order valence-corrected chi connectivity index (χ1v) is 10.1. The van der Waals surface area contributed by atoms with E-state index in [1.165, 1.54) is 11.2 Å². The molecule has 0 bridgehead atoms. The molecule has 2 aliphatic rings. The fraction of sp³-hybridized carbons (Fsp3) is 0.688. The fourth-order valence-electron chi connectivity index (χ4n) is 3.20. The standard InChI is InChI=1S/C16H22F3N3O4S/c1-12-14(2-3-15(20-12)16(17,18)19)27(23,24)22-6-4-21(5-7-22)10-13-11-25-8-9-26-13/h2-3,13H,4-11H2,1H3. The van der Waals surface area contributed by atoms with E-state index >= 15 is 0 Å². The first kappa shape index (κ1) is 20.5. The highest BCUT2D eigenvalue weighted by Gasteiger charge is 2.35. The molecule has 0 radical (unpaired) electrons. The summed E-state index contributed by atoms with van der Waals surface area (Å²) in [5.41, 5.74) is -1.25. The molecule has 7 nitrogen and oxygen atoms in total. The predicted octanol–water partition coefficient (Wildman–Crippen LogP) is 1.13. The second kappa shape index (κ2) is 8.00. The molecule has 1 unspecified atom stereocenters. The van der Waals surface area contributed by atoms with E-state index in [2.05, 4.69) is 9.88 Å². The largest absolute Gasteiger partial charge is 0.433 e. The lowest BCUT2D eigenvalue weighted by molar-refractivity contribution is -0.141. The summed E-state index contributed by atoms with van der Waals surface area (Å²) >= 11 is 0. The van der Waals surface area contributed by atoms with E-state index in [0.717, 1.165) is 6.07 Å². The highest BCUT2D eigenvalue weighted by atomic mass is 32.2. The number of rotatable bonds is 4. The van der Waals surface area contributed by atoms with Gasteiger partial charge in [0.1, 0.15) is 10.6 Å². The molecule has 0 saturated carbocycles. The maximum Gasteiger partial charge on any atom is 0.433 e. The van der Waals surface area contributed by atoms with E-state index in [-0.39, 0.29) is 29.8 Å². The van der Waals surface area contributed by atoms with Crippen LogP contribution < -0.4 is 0 Å². The van der Waals surface area contributed by atoms with Crippen molar-refractivity contribution in [2.24, 2.45) is 0 Å². The zero-order chi connectivity index (χ0) is 19.7. The summed E-state index contributed by atoms with van der Waals surface area (Å²) < 4.78 is 76.1. The number of nitrogens with zero attached hydrogens (tertiary/aromatic N) is 3. The predicted molar refractivity (Wildman–Crippen MR) is 89.7 cm³/mol. The van der Waals surface area contributed by atoms with E-state index in [9.17, 15) is 21.6 Å². The van der Waals surface area contributed by atoms with Crippen LogP contribution >= 0.6 is 0 Å². The van der Waals surface area contributed by atoms with Crippen LogP contribution in [0.25, 0.3) is 0 Å². The maximum absolute atomic E-state index is 12.8. The Kier molecular flexibility index (Phi) is 6.06. The highest BCUT2D eigenvalue weighted by Crippen LogP contribution is 2.30. The lowest BCUT2D eigenvalue weighted by atomic mass is 10.3. The molecule has 0 aromatic carbocycles. The normalized spacial score (nSPS) is 23.5. The van der Waals surface area contributed by atoms with Crippen LogP contribution in [-0.4, -0.2) is 81.3 Å². The van der Waals surface area contributed by atoms with Gasteiger partial charge in [-0.1, -0.05) is 0 Å². The average Bonchev–Trinajstić information content (AvgIpc) is 2.62. The van der Waals surface area contributed by atoms with Gasteiger partial charge in [0, 0.05) is 32.7 Å². The Bertz CT molecular complexity index is 759. The Morgan fingerprint density at radius 3 is 2.44 bits per heavy atom. The lowest BCUT2D eigenvalue weighted by Gasteiger charge is -2.36. The van der Waals surface area contributed by atoms with Crippen molar-refractivity contribution < 1.29 is 31.1 Å². The smallest absolute Gasteiger partial charge is 0.376 e. The monoisotopic (exact) mass is 409 g/mol. The number of aryl methyl sites for hydroxylation is 1. The summed E-state index contributed by atoms with van der Waals surface area (Å²) in [6, 6.07) is 1.69. The van der Waals surface area contributed by atoms with E-state index in [1.807, 2.05) is 0 Å². The average molecular weight is 409 g/mol. The number of ether oxygens (including phenoxy) is 2. The fourth-order valence-corrected chi connectivity index (χ4v) is 4.78. The van der Waals surface area contributed by atoms with Crippen LogP contribution in [0, 0.1) is 6.92 Å². The van der Waals surface area contributed by atoms with Gasteiger partial charge in [-0.25, -0.2) is 13.4 Å². The third-order valence-corrected chi connectivity index (χ3v) is 6.66. The summed E-state index contributed by atoms with van der Waals surface area (Å²) in [5.74, 6) is 0. The minimum atomic E-state index is -4.61. The van der Waals surface area contributed by atoms with Gasteiger partial charge >= 0.3 is 6.18 Å². The molecule has 0 amide bonds. The Balaban J connectivity index is 1.64. The van der Waals surface area contributed by atoms with E-state index < -0.39 is 21.9 Å². The van der Waals surface area contributed by atoms with Gasteiger partial charge in [0.15, 0.2) is 0 Å². The minimum absolute atomic E-state index is 0.0248. The summed E-state index contributed by atoms with van der Waals surface area (Å²) in [4.78, 5) is 5.34. The zero-order valence-corrected chi connectivity index (χ0v) is 15.7. The van der Waals surface area contributed by atoms with Crippen molar-refractivity contribution in [3.05, 3.63) is 23.5 Å². The number of aromatic nitrogens is 1. The Hall–Kier alpha value is -1.27. The van der Waals surface area contributed by atoms with Gasteiger partial charge < -0.3 is 9.47 Å². The van der Waals surface area contributed by atoms with Crippen molar-refractivity contribution in [2.45, 2.75) is 24.1 Å². The molecule has 1 aromatic rings. The summed E-state index contributed by atoms with van der Waals surface area (Å²) in [7, 11) is -3.89. The van der Waals surface area contributed by atoms with Crippen LogP contribution in [0.5, 0.6) is 0 Å². The number of hydrogen-bond acceptors (Lipinski definition) is 6. The molecular weight excluding hydrogens is 387 g/mol. The summed E-state index contributed by atoms with van der Waals surface area (Å²) in [5, 5.41) is 0. The number of alkyl halides is 3. The molecule has 2 aliphatic heterocycles. The first-order valence-electron chi connectivity index (χ1n) is 8.64. The summed E-state index contributed by atoms with van der Waals surface area (Å²) in [6.45, 7) is 5.16. The Morgan fingerprint density at radius 1 is 1.19 bits per heavy atom. The number of piperazine rings is 1. The molecule has 1 aromatic heterocycles. The van der Waals surface area contributed by atoms with Crippen molar-refractivity contribution in [3.63, 3.8) is 0 Å². The molecule has 2 fully saturated rings. The third-order valence-electron chi connectivity index (χ3n) is 4.62. The Morgan fingerprint density at radius 2 is 1.89 bits per heavy atom. The summed E-state index contributed by atoms with van der Waals surface area (Å²) in [6.07, 6.45) is -4.63. The SMILES string of the molecule is Cc1nc(C(F)(F)F)ccc1S(=O)(=O)N1CCN(CC2COCCO2)CC1. The van der Waals surface area contributed by atoms with Crippen molar-refractivity contribution in [2.75, 3.05) is 52.5 Å². The lowest BCUT2D eigenvalue weighted by Crippen LogP contribution is -2.51. The second-order valence-corrected chi connectivity index (χ2v) is 8.46. The van der Waals surface area contributed by atoms with Crippen LogP contribution in [0.15, 0.2) is 17.0 Å². The van der Waals surface area contributed by atoms with Gasteiger partial charge in [0.05, 0.1) is 31.6 Å². The highest BCUT2D eigenvalue weighted by molar-refractivity contribution is 7.89. The molecule has 2 saturated heterocycles. The molecule has 27 heavy (non-hydrogen) atoms. The number of hydrogen-bond donors (Lipinski definition) is 0. The molecule has 1 atom stereocenters. The van der Waals surface area contributed by atoms with E-state index in [4.69, 9.17) is 9.47 Å². The van der Waals surface area contributed by atoms with Crippen molar-refractivity contribution in [3.8, 4) is 0 Å². The van der Waals surface area contributed by atoms with E-state index in [0.29, 0.717) is 45.5 Å². The van der Waals surface area contributed by atoms with Crippen molar-refractivity contribution in [1.82, 2.24) is 14.2 Å². The van der Waals surface area contributed by atoms with Crippen LogP contribution in [-0.2, 0) is 25.7 Å². The Labute approximate surface area is 156 Å². The van der Waals surface area contributed by atoms with Crippen molar-refractivity contribution in [1.29, 1.82) is 0 Å². The van der Waals surface area contributed by atoms with Crippen LogP contribution in [0.3, 0.4) is 0 Å². The molecule has 3 heterocycles. The molecule has 0 spiro atoms. The topological polar surface area (TPSA) is 72.0 Å². The first-order chi connectivity index (χ1) is 12.7. The molecule has 0 aliphatic carbocycles. The molecule has 0 N–H and O–H groups in total. The van der Waals surface area contributed by atoms with Gasteiger partial charge in [0.2, 0.25) is 10.0 Å². The van der Waals surface area contributed by atoms with Gasteiger partial charge in [0.25, 0.3) is 0 Å². The number of halogens is 3. The van der Waals surface area contributed by atoms with Crippen LogP contribution in [0.2, 0.25) is 0 Å². The van der Waals surface area contributed by atoms with E-state index in [1.54, 1.807) is 0 Å². The van der Waals surface area contributed by atoms with Gasteiger partial charge in [-0.2, -0.15) is 17.5 Å². The maximum atomic E-state index is 12.8. The third kappa shape index (κ3) is 4.77. The molecule has 152 valence electrons. The van der Waals surface area contributed by atoms with Gasteiger partial charge in [-0.3, -0.25) is 4.90 Å². The second-order valence-electron chi connectivity index (χ2n) is 6.55. The van der Waals surface area contributed by atoms with Crippen LogP contribution in [0.4, 0.5) is 13.2 Å². The molecule has 11 heteroatoms. The molecular formula is C16H22F3N3O4S. The minimum Gasteiger partial charge on any atom is -0.376 e. The quantitative estimate of drug-likeness (QED) is 0.743. The van der Waals surface area contributed by atoms with Crippen molar-refractivity contribution >= 4 is 10.0 Å². The zero-order valence-electron chi connectivity index (χ0n) is 14.9. The number of pyridine rings is 1. The van der Waals surface area contributed by atoms with Gasteiger partial charge in [-0.05, 0) is 19.1 Å². The van der Waals surface area contributed by atoms with Gasteiger partial charge in [-0.15, -0.1) is 0 Å². The number of sulfonamides is 1. The molecule has 3 rings (SSSR count). The van der Waals surface area contributed by atoms with Crippen LogP contribution in [0.1, 0.15) is 11.4 Å².